The quantitative estimate of drug-likeness (QED) is 0.843. The molecule has 4 rings (SSSR count). The molecule has 0 aliphatic carbocycles. The summed E-state index contributed by atoms with van der Waals surface area (Å²) in [6.45, 7) is 4.23. The molecule has 1 amide bonds. The molecule has 3 heterocycles. The zero-order chi connectivity index (χ0) is 16.4. The molecule has 1 aromatic heterocycles. The third kappa shape index (κ3) is 3.03. The number of carbonyl (C=O) groups is 1. The fourth-order valence-electron chi connectivity index (χ4n) is 3.00. The first kappa shape index (κ1) is 14.9. The smallest absolute Gasteiger partial charge is 0.257 e. The summed E-state index contributed by atoms with van der Waals surface area (Å²) >= 11 is 0. The van der Waals surface area contributed by atoms with Crippen molar-refractivity contribution < 1.29 is 14.3 Å². The van der Waals surface area contributed by atoms with Crippen molar-refractivity contribution in [3.05, 3.63) is 48.0 Å². The van der Waals surface area contributed by atoms with E-state index in [0.717, 1.165) is 31.1 Å². The molecule has 1 fully saturated rings. The third-order valence-electron chi connectivity index (χ3n) is 4.31. The van der Waals surface area contributed by atoms with Gasteiger partial charge >= 0.3 is 0 Å². The van der Waals surface area contributed by atoms with Crippen molar-refractivity contribution in [1.29, 1.82) is 0 Å². The van der Waals surface area contributed by atoms with Gasteiger partial charge < -0.3 is 14.4 Å². The van der Waals surface area contributed by atoms with Crippen molar-refractivity contribution >= 4 is 5.91 Å². The van der Waals surface area contributed by atoms with Gasteiger partial charge in [0, 0.05) is 45.1 Å². The van der Waals surface area contributed by atoms with E-state index >= 15 is 0 Å². The SMILES string of the molecule is O=C(c1cncnc1)N1CCN(Cc2ccc3c(c2)OCO3)CC1. The molecule has 24 heavy (non-hydrogen) atoms. The van der Waals surface area contributed by atoms with E-state index in [-0.39, 0.29) is 5.91 Å². The molecule has 7 heteroatoms. The first-order chi connectivity index (χ1) is 11.8. The lowest BCUT2D eigenvalue weighted by Gasteiger charge is -2.34. The second-order valence-corrected chi connectivity index (χ2v) is 5.88. The van der Waals surface area contributed by atoms with Gasteiger partial charge in [-0.15, -0.1) is 0 Å². The molecule has 0 unspecified atom stereocenters. The highest BCUT2D eigenvalue weighted by atomic mass is 16.7. The summed E-state index contributed by atoms with van der Waals surface area (Å²) in [4.78, 5) is 24.4. The van der Waals surface area contributed by atoms with Crippen LogP contribution in [-0.2, 0) is 6.54 Å². The van der Waals surface area contributed by atoms with Gasteiger partial charge in [-0.05, 0) is 17.7 Å². The topological polar surface area (TPSA) is 67.8 Å². The normalized spacial score (nSPS) is 17.1. The van der Waals surface area contributed by atoms with E-state index in [9.17, 15) is 4.79 Å². The number of fused-ring (bicyclic) bond motifs is 1. The van der Waals surface area contributed by atoms with E-state index in [2.05, 4.69) is 20.9 Å². The Labute approximate surface area is 139 Å². The van der Waals surface area contributed by atoms with E-state index in [1.165, 1.54) is 11.9 Å². The van der Waals surface area contributed by atoms with Gasteiger partial charge in [-0.3, -0.25) is 9.69 Å². The van der Waals surface area contributed by atoms with Gasteiger partial charge in [0.1, 0.15) is 6.33 Å². The summed E-state index contributed by atoms with van der Waals surface area (Å²) in [5.41, 5.74) is 1.73. The Balaban J connectivity index is 1.34. The van der Waals surface area contributed by atoms with Crippen LogP contribution in [-0.4, -0.2) is 58.6 Å². The van der Waals surface area contributed by atoms with E-state index in [4.69, 9.17) is 9.47 Å². The molecular weight excluding hydrogens is 308 g/mol. The molecule has 0 atom stereocenters. The van der Waals surface area contributed by atoms with Crippen LogP contribution in [0.1, 0.15) is 15.9 Å². The first-order valence-corrected chi connectivity index (χ1v) is 7.95. The van der Waals surface area contributed by atoms with Gasteiger partial charge in [-0.2, -0.15) is 0 Å². The zero-order valence-electron chi connectivity index (χ0n) is 13.2. The Morgan fingerprint density at radius 3 is 2.58 bits per heavy atom. The molecule has 0 spiro atoms. The lowest BCUT2D eigenvalue weighted by molar-refractivity contribution is 0.0627. The average molecular weight is 326 g/mol. The van der Waals surface area contributed by atoms with Crippen LogP contribution >= 0.6 is 0 Å². The number of piperazine rings is 1. The Morgan fingerprint density at radius 1 is 1.04 bits per heavy atom. The second-order valence-electron chi connectivity index (χ2n) is 5.88. The Kier molecular flexibility index (Phi) is 4.00. The van der Waals surface area contributed by atoms with E-state index in [1.54, 1.807) is 12.4 Å². The highest BCUT2D eigenvalue weighted by Crippen LogP contribution is 2.32. The van der Waals surface area contributed by atoms with Gasteiger partial charge in [0.2, 0.25) is 6.79 Å². The van der Waals surface area contributed by atoms with E-state index < -0.39 is 0 Å². The predicted molar refractivity (Wildman–Crippen MR) is 85.8 cm³/mol. The van der Waals surface area contributed by atoms with Crippen LogP contribution in [0, 0.1) is 0 Å². The molecule has 2 aliphatic heterocycles. The summed E-state index contributed by atoms with van der Waals surface area (Å²) in [6.07, 6.45) is 4.56. The fraction of sp³-hybridized carbons (Fsp3) is 0.353. The van der Waals surface area contributed by atoms with Crippen molar-refractivity contribution in [2.45, 2.75) is 6.54 Å². The zero-order valence-corrected chi connectivity index (χ0v) is 13.2. The molecule has 0 bridgehead atoms. The van der Waals surface area contributed by atoms with Crippen molar-refractivity contribution in [1.82, 2.24) is 19.8 Å². The van der Waals surface area contributed by atoms with E-state index in [0.29, 0.717) is 25.4 Å². The Bertz CT molecular complexity index is 730. The average Bonchev–Trinajstić information content (AvgIpc) is 3.10. The molecular formula is C17H18N4O3. The summed E-state index contributed by atoms with van der Waals surface area (Å²) in [5, 5.41) is 0. The second kappa shape index (κ2) is 6.45. The molecule has 0 N–H and O–H groups in total. The fourth-order valence-corrected chi connectivity index (χ4v) is 3.00. The molecule has 2 aliphatic rings. The van der Waals surface area contributed by atoms with Crippen molar-refractivity contribution in [2.75, 3.05) is 33.0 Å². The number of nitrogens with zero attached hydrogens (tertiary/aromatic N) is 4. The van der Waals surface area contributed by atoms with Gasteiger partial charge in [0.15, 0.2) is 11.5 Å². The van der Waals surface area contributed by atoms with Crippen LogP contribution in [0.2, 0.25) is 0 Å². The summed E-state index contributed by atoms with van der Waals surface area (Å²) in [5.74, 6) is 1.61. The minimum atomic E-state index is -0.00155. The molecule has 0 saturated carbocycles. The van der Waals surface area contributed by atoms with E-state index in [1.807, 2.05) is 17.0 Å². The summed E-state index contributed by atoms with van der Waals surface area (Å²) in [7, 11) is 0. The largest absolute Gasteiger partial charge is 0.454 e. The molecule has 124 valence electrons. The molecule has 2 aromatic rings. The Morgan fingerprint density at radius 2 is 1.79 bits per heavy atom. The van der Waals surface area contributed by atoms with Crippen molar-refractivity contribution in [3.8, 4) is 11.5 Å². The van der Waals surface area contributed by atoms with Gasteiger partial charge in [-0.1, -0.05) is 6.07 Å². The minimum Gasteiger partial charge on any atom is -0.454 e. The maximum absolute atomic E-state index is 12.4. The van der Waals surface area contributed by atoms with Crippen LogP contribution in [0.25, 0.3) is 0 Å². The number of carbonyl (C=O) groups excluding carboxylic acids is 1. The van der Waals surface area contributed by atoms with Crippen LogP contribution in [0.5, 0.6) is 11.5 Å². The molecule has 1 aromatic carbocycles. The number of ether oxygens (including phenoxy) is 2. The third-order valence-corrected chi connectivity index (χ3v) is 4.31. The maximum Gasteiger partial charge on any atom is 0.257 e. The molecule has 1 saturated heterocycles. The van der Waals surface area contributed by atoms with Crippen LogP contribution < -0.4 is 9.47 Å². The standard InChI is InChI=1S/C17H18N4O3/c22-17(14-8-18-11-19-9-14)21-5-3-20(4-6-21)10-13-1-2-15-16(7-13)24-12-23-15/h1-2,7-9,11H,3-6,10,12H2. The lowest BCUT2D eigenvalue weighted by Crippen LogP contribution is -2.48. The van der Waals surface area contributed by atoms with Crippen molar-refractivity contribution in [2.24, 2.45) is 0 Å². The number of amides is 1. The number of hydrogen-bond donors (Lipinski definition) is 0. The van der Waals surface area contributed by atoms with Crippen molar-refractivity contribution in [3.63, 3.8) is 0 Å². The van der Waals surface area contributed by atoms with Gasteiger partial charge in [0.05, 0.1) is 5.56 Å². The Hall–Kier alpha value is -2.67. The first-order valence-electron chi connectivity index (χ1n) is 7.95. The summed E-state index contributed by atoms with van der Waals surface area (Å²) < 4.78 is 10.8. The van der Waals surface area contributed by atoms with Gasteiger partial charge in [0.25, 0.3) is 5.91 Å². The minimum absolute atomic E-state index is 0.00155. The van der Waals surface area contributed by atoms with Crippen LogP contribution in [0.15, 0.2) is 36.9 Å². The van der Waals surface area contributed by atoms with Gasteiger partial charge in [-0.25, -0.2) is 9.97 Å². The number of benzene rings is 1. The summed E-state index contributed by atoms with van der Waals surface area (Å²) in [6, 6.07) is 6.04. The number of hydrogen-bond acceptors (Lipinski definition) is 6. The molecule has 0 radical (unpaired) electrons. The van der Waals surface area contributed by atoms with Crippen LogP contribution in [0.4, 0.5) is 0 Å². The predicted octanol–water partition coefficient (Wildman–Crippen LogP) is 1.16. The number of aromatic nitrogens is 2. The van der Waals surface area contributed by atoms with Crippen LogP contribution in [0.3, 0.4) is 0 Å². The lowest BCUT2D eigenvalue weighted by atomic mass is 10.1. The number of rotatable bonds is 3. The molecule has 7 nitrogen and oxygen atoms in total. The highest BCUT2D eigenvalue weighted by Gasteiger charge is 2.23. The monoisotopic (exact) mass is 326 g/mol. The maximum atomic E-state index is 12.4. The highest BCUT2D eigenvalue weighted by molar-refractivity contribution is 5.93.